The minimum absolute atomic E-state index is 0.262. The Kier molecular flexibility index (Phi) is 5.72. The van der Waals surface area contributed by atoms with Crippen molar-refractivity contribution in [1.82, 2.24) is 5.32 Å². The molecule has 1 saturated heterocycles. The first-order valence-electron chi connectivity index (χ1n) is 8.32. The molecule has 126 valence electrons. The molecule has 2 aromatic carbocycles. The summed E-state index contributed by atoms with van der Waals surface area (Å²) in [5, 5.41) is 9.66. The van der Waals surface area contributed by atoms with Crippen LogP contribution >= 0.6 is 11.6 Å². The third-order valence-electron chi connectivity index (χ3n) is 4.32. The Morgan fingerprint density at radius 2 is 1.67 bits per heavy atom. The molecule has 24 heavy (non-hydrogen) atoms. The van der Waals surface area contributed by atoms with Crippen molar-refractivity contribution in [3.05, 3.63) is 59.1 Å². The van der Waals surface area contributed by atoms with E-state index in [4.69, 9.17) is 11.6 Å². The second-order valence-corrected chi connectivity index (χ2v) is 6.62. The molecule has 1 fully saturated rings. The molecular weight excluding hydrogens is 322 g/mol. The zero-order valence-corrected chi connectivity index (χ0v) is 14.3. The zero-order valence-electron chi connectivity index (χ0n) is 13.5. The fourth-order valence-electron chi connectivity index (χ4n) is 2.91. The van der Waals surface area contributed by atoms with Gasteiger partial charge in [-0.2, -0.15) is 0 Å². The van der Waals surface area contributed by atoms with Gasteiger partial charge in [0.1, 0.15) is 0 Å². The Labute approximate surface area is 147 Å². The van der Waals surface area contributed by atoms with Gasteiger partial charge in [0, 0.05) is 16.4 Å². The third kappa shape index (κ3) is 4.98. The van der Waals surface area contributed by atoms with Gasteiger partial charge in [-0.05, 0) is 80.2 Å². The highest BCUT2D eigenvalue weighted by Gasteiger charge is 2.13. The van der Waals surface area contributed by atoms with Crippen molar-refractivity contribution >= 4 is 29.0 Å². The Morgan fingerprint density at radius 1 is 1.04 bits per heavy atom. The number of nitrogens with one attached hydrogen (secondary N) is 3. The minimum Gasteiger partial charge on any atom is -0.316 e. The molecular formula is C19H22ClN3O. The van der Waals surface area contributed by atoms with Gasteiger partial charge >= 0.3 is 6.03 Å². The Morgan fingerprint density at radius 3 is 2.25 bits per heavy atom. The highest BCUT2D eigenvalue weighted by Crippen LogP contribution is 2.18. The molecule has 3 N–H and O–H groups in total. The number of urea groups is 1. The molecule has 1 atom stereocenters. The number of carbonyl (C=O) groups is 1. The summed E-state index contributed by atoms with van der Waals surface area (Å²) in [7, 11) is 0. The van der Waals surface area contributed by atoms with Gasteiger partial charge in [-0.3, -0.25) is 0 Å². The van der Waals surface area contributed by atoms with Gasteiger partial charge in [-0.25, -0.2) is 4.79 Å². The molecule has 0 saturated carbocycles. The van der Waals surface area contributed by atoms with Crippen LogP contribution in [-0.2, 0) is 6.42 Å². The van der Waals surface area contributed by atoms with Crippen LogP contribution in [0.2, 0.25) is 5.02 Å². The number of rotatable bonds is 5. The van der Waals surface area contributed by atoms with Crippen molar-refractivity contribution in [1.29, 1.82) is 0 Å². The number of aryl methyl sites for hydroxylation is 1. The monoisotopic (exact) mass is 343 g/mol. The molecule has 2 amide bonds. The second-order valence-electron chi connectivity index (χ2n) is 6.18. The topological polar surface area (TPSA) is 53.2 Å². The van der Waals surface area contributed by atoms with Crippen molar-refractivity contribution in [3.8, 4) is 0 Å². The average molecular weight is 344 g/mol. The summed E-state index contributed by atoms with van der Waals surface area (Å²) in [6, 6.07) is 14.8. The fourth-order valence-corrected chi connectivity index (χ4v) is 3.04. The lowest BCUT2D eigenvalue weighted by atomic mass is 9.99. The molecule has 0 spiro atoms. The van der Waals surface area contributed by atoms with E-state index in [2.05, 4.69) is 28.1 Å². The Balaban J connectivity index is 1.47. The molecule has 1 aliphatic heterocycles. The number of amides is 2. The van der Waals surface area contributed by atoms with E-state index in [1.165, 1.54) is 18.4 Å². The van der Waals surface area contributed by atoms with Crippen molar-refractivity contribution in [3.63, 3.8) is 0 Å². The number of hydrogen-bond acceptors (Lipinski definition) is 2. The molecule has 2 aromatic rings. The van der Waals surface area contributed by atoms with Gasteiger partial charge in [0.2, 0.25) is 0 Å². The van der Waals surface area contributed by atoms with Crippen LogP contribution in [0.15, 0.2) is 48.5 Å². The summed E-state index contributed by atoms with van der Waals surface area (Å²) in [6.45, 7) is 2.29. The normalized spacial score (nSPS) is 16.8. The first kappa shape index (κ1) is 16.8. The quantitative estimate of drug-likeness (QED) is 0.747. The maximum absolute atomic E-state index is 12.0. The zero-order chi connectivity index (χ0) is 16.8. The van der Waals surface area contributed by atoms with Gasteiger partial charge in [0.15, 0.2) is 0 Å². The predicted molar refractivity (Wildman–Crippen MR) is 99.8 cm³/mol. The molecule has 5 heteroatoms. The Hall–Kier alpha value is -2.04. The number of hydrogen-bond donors (Lipinski definition) is 3. The summed E-state index contributed by atoms with van der Waals surface area (Å²) >= 11 is 5.83. The first-order valence-corrected chi connectivity index (χ1v) is 8.70. The molecule has 0 radical (unpaired) electrons. The molecule has 0 aromatic heterocycles. The molecule has 4 nitrogen and oxygen atoms in total. The van der Waals surface area contributed by atoms with Crippen LogP contribution in [-0.4, -0.2) is 19.1 Å². The van der Waals surface area contributed by atoms with Crippen LogP contribution in [0.25, 0.3) is 0 Å². The average Bonchev–Trinajstić information content (AvgIpc) is 3.10. The van der Waals surface area contributed by atoms with E-state index in [0.717, 1.165) is 31.1 Å². The van der Waals surface area contributed by atoms with E-state index in [-0.39, 0.29) is 6.03 Å². The van der Waals surface area contributed by atoms with E-state index < -0.39 is 0 Å². The highest BCUT2D eigenvalue weighted by molar-refractivity contribution is 6.30. The smallest absolute Gasteiger partial charge is 0.316 e. The standard InChI is InChI=1S/C19H22ClN3O/c20-16-5-9-18(10-6-16)23-19(24)22-17-7-3-14(4-8-17)1-2-15-11-12-21-13-15/h3-10,15,21H,1-2,11-13H2,(H2,22,23,24)/t15-/m1/s1. The summed E-state index contributed by atoms with van der Waals surface area (Å²) in [5.74, 6) is 0.799. The minimum atomic E-state index is -0.262. The number of halogens is 1. The van der Waals surface area contributed by atoms with Gasteiger partial charge in [-0.1, -0.05) is 23.7 Å². The van der Waals surface area contributed by atoms with Gasteiger partial charge < -0.3 is 16.0 Å². The fraction of sp³-hybridized carbons (Fsp3) is 0.316. The van der Waals surface area contributed by atoms with Crippen molar-refractivity contribution in [2.45, 2.75) is 19.3 Å². The molecule has 1 heterocycles. The maximum Gasteiger partial charge on any atom is 0.323 e. The van der Waals surface area contributed by atoms with Gasteiger partial charge in [0.05, 0.1) is 0 Å². The lowest BCUT2D eigenvalue weighted by Crippen LogP contribution is -2.19. The van der Waals surface area contributed by atoms with E-state index in [0.29, 0.717) is 10.7 Å². The number of carbonyl (C=O) groups excluding carboxylic acids is 1. The summed E-state index contributed by atoms with van der Waals surface area (Å²) in [6.07, 6.45) is 3.59. The van der Waals surface area contributed by atoms with Crippen LogP contribution in [0.3, 0.4) is 0 Å². The molecule has 3 rings (SSSR count). The van der Waals surface area contributed by atoms with Gasteiger partial charge in [-0.15, -0.1) is 0 Å². The second kappa shape index (κ2) is 8.18. The summed E-state index contributed by atoms with van der Waals surface area (Å²) < 4.78 is 0. The molecule has 0 aliphatic carbocycles. The predicted octanol–water partition coefficient (Wildman–Crippen LogP) is 4.53. The summed E-state index contributed by atoms with van der Waals surface area (Å²) in [4.78, 5) is 12.0. The Bertz CT molecular complexity index is 664. The highest BCUT2D eigenvalue weighted by atomic mass is 35.5. The number of benzene rings is 2. The first-order chi connectivity index (χ1) is 11.7. The largest absolute Gasteiger partial charge is 0.323 e. The van der Waals surface area contributed by atoms with E-state index in [1.807, 2.05) is 12.1 Å². The molecule has 0 unspecified atom stereocenters. The SMILES string of the molecule is O=C(Nc1ccc(Cl)cc1)Nc1ccc(CC[C@@H]2CCNC2)cc1. The van der Waals surface area contributed by atoms with Crippen LogP contribution in [0.1, 0.15) is 18.4 Å². The van der Waals surface area contributed by atoms with Crippen LogP contribution in [0.5, 0.6) is 0 Å². The lowest BCUT2D eigenvalue weighted by Gasteiger charge is -2.10. The number of anilines is 2. The van der Waals surface area contributed by atoms with Crippen LogP contribution in [0.4, 0.5) is 16.2 Å². The maximum atomic E-state index is 12.0. The van der Waals surface area contributed by atoms with Crippen molar-refractivity contribution in [2.75, 3.05) is 23.7 Å². The van der Waals surface area contributed by atoms with Crippen molar-refractivity contribution < 1.29 is 4.79 Å². The van der Waals surface area contributed by atoms with E-state index in [1.54, 1.807) is 24.3 Å². The lowest BCUT2D eigenvalue weighted by molar-refractivity contribution is 0.262. The summed E-state index contributed by atoms with van der Waals surface area (Å²) in [5.41, 5.74) is 2.80. The van der Waals surface area contributed by atoms with E-state index >= 15 is 0 Å². The van der Waals surface area contributed by atoms with Crippen LogP contribution in [0, 0.1) is 5.92 Å². The molecule has 1 aliphatic rings. The van der Waals surface area contributed by atoms with Gasteiger partial charge in [0.25, 0.3) is 0 Å². The van der Waals surface area contributed by atoms with Crippen LogP contribution < -0.4 is 16.0 Å². The third-order valence-corrected chi connectivity index (χ3v) is 4.57. The molecule has 0 bridgehead atoms. The van der Waals surface area contributed by atoms with E-state index in [9.17, 15) is 4.79 Å². The van der Waals surface area contributed by atoms with Crippen molar-refractivity contribution in [2.24, 2.45) is 5.92 Å².